The summed E-state index contributed by atoms with van der Waals surface area (Å²) in [6.45, 7) is 2.28. The van der Waals surface area contributed by atoms with Gasteiger partial charge in [-0.2, -0.15) is 0 Å². The molecule has 1 unspecified atom stereocenters. The van der Waals surface area contributed by atoms with Crippen molar-refractivity contribution in [2.24, 2.45) is 0 Å². The molecule has 44 heavy (non-hydrogen) atoms. The molecule has 5 aromatic rings. The molecule has 0 spiro atoms. The molecule has 1 aliphatic rings. The van der Waals surface area contributed by atoms with Crippen LogP contribution >= 0.6 is 22.2 Å². The number of fused-ring (bicyclic) bond motifs is 4. The van der Waals surface area contributed by atoms with E-state index in [0.717, 1.165) is 53.3 Å². The third-order valence-corrected chi connectivity index (χ3v) is 10.8. The summed E-state index contributed by atoms with van der Waals surface area (Å²) in [6.07, 6.45) is 3.66. The predicted molar refractivity (Wildman–Crippen MR) is 175 cm³/mol. The fourth-order valence-electron chi connectivity index (χ4n) is 5.40. The second kappa shape index (κ2) is 13.3. The Morgan fingerprint density at radius 2 is 1.66 bits per heavy atom. The Morgan fingerprint density at radius 3 is 2.45 bits per heavy atom. The Balaban J connectivity index is 1.47. The molecule has 1 aliphatic heterocycles. The normalized spacial score (nSPS) is 13.6. The number of ether oxygens (including phenoxy) is 2. The topological polar surface area (TPSA) is 80.3 Å². The molecule has 9 heteroatoms. The fourth-order valence-corrected chi connectivity index (χ4v) is 8.82. The first kappa shape index (κ1) is 30.1. The molecule has 7 nitrogen and oxygen atoms in total. The van der Waals surface area contributed by atoms with Gasteiger partial charge < -0.3 is 9.47 Å². The second-order valence-electron chi connectivity index (χ2n) is 10.1. The molecule has 0 fully saturated rings. The standard InChI is InChI=1S/C35H31O7S2/c1-4-7-25-27-19-23(40-21-34(36)38-2)11-13-30(27)43-31-14-12-24(20-28(25)31)44-32-9-6-5-8-26(32)35(37)29-18-22(10-15-33(29)44)16-17-41-42-39-3/h5-15,18-20H,4,16-17,21H2,1-3H3/q+1/b25-7-. The molecule has 1 aromatic heterocycles. The van der Waals surface area contributed by atoms with Crippen molar-refractivity contribution in [1.82, 2.24) is 0 Å². The van der Waals surface area contributed by atoms with Gasteiger partial charge in [0.25, 0.3) is 0 Å². The van der Waals surface area contributed by atoms with Crippen molar-refractivity contribution in [2.75, 3.05) is 27.4 Å². The zero-order chi connectivity index (χ0) is 30.6. The minimum Gasteiger partial charge on any atom is -0.482 e. The van der Waals surface area contributed by atoms with Crippen LogP contribution in [0.1, 0.15) is 30.0 Å². The van der Waals surface area contributed by atoms with Crippen LogP contribution in [0.3, 0.4) is 0 Å². The number of hydrogen-bond acceptors (Lipinski definition) is 8. The van der Waals surface area contributed by atoms with E-state index in [9.17, 15) is 9.59 Å². The molecule has 0 saturated carbocycles. The highest BCUT2D eigenvalue weighted by Gasteiger charge is 2.27. The molecule has 0 N–H and O–H groups in total. The molecule has 0 bridgehead atoms. The van der Waals surface area contributed by atoms with Crippen LogP contribution in [0.25, 0.3) is 30.6 Å². The van der Waals surface area contributed by atoms with Crippen molar-refractivity contribution in [3.63, 3.8) is 0 Å². The second-order valence-corrected chi connectivity index (χ2v) is 13.1. The van der Waals surface area contributed by atoms with E-state index in [1.165, 1.54) is 19.1 Å². The van der Waals surface area contributed by atoms with Gasteiger partial charge in [-0.05, 0) is 84.1 Å². The van der Waals surface area contributed by atoms with Crippen molar-refractivity contribution >= 4 is 53.9 Å². The number of allylic oxidation sites excluding steroid dienone is 1. The lowest BCUT2D eigenvalue weighted by Crippen LogP contribution is -2.12. The lowest BCUT2D eigenvalue weighted by molar-refractivity contribution is -0.501. The van der Waals surface area contributed by atoms with Gasteiger partial charge >= 0.3 is 5.97 Å². The van der Waals surface area contributed by atoms with E-state index < -0.39 is 16.4 Å². The van der Waals surface area contributed by atoms with Gasteiger partial charge in [-0.3, -0.25) is 4.79 Å². The van der Waals surface area contributed by atoms with Crippen LogP contribution in [-0.2, 0) is 30.8 Å². The van der Waals surface area contributed by atoms with Crippen molar-refractivity contribution in [2.45, 2.75) is 29.6 Å². The summed E-state index contributed by atoms with van der Waals surface area (Å²) < 4.78 is 12.5. The van der Waals surface area contributed by atoms with Crippen molar-refractivity contribution in [1.29, 1.82) is 0 Å². The van der Waals surface area contributed by atoms with E-state index in [2.05, 4.69) is 59.3 Å². The molecular formula is C35H31O7S2+. The van der Waals surface area contributed by atoms with Crippen molar-refractivity contribution < 1.29 is 29.1 Å². The first-order valence-electron chi connectivity index (χ1n) is 14.2. The van der Waals surface area contributed by atoms with Gasteiger partial charge in [0.15, 0.2) is 20.9 Å². The first-order valence-corrected chi connectivity index (χ1v) is 16.3. The van der Waals surface area contributed by atoms with E-state index in [1.54, 1.807) is 11.8 Å². The maximum atomic E-state index is 13.7. The highest BCUT2D eigenvalue weighted by atomic mass is 32.2. The first-order chi connectivity index (χ1) is 21.5. The summed E-state index contributed by atoms with van der Waals surface area (Å²) in [4.78, 5) is 38.4. The average Bonchev–Trinajstić information content (AvgIpc) is 3.06. The lowest BCUT2D eigenvalue weighted by atomic mass is 9.96. The van der Waals surface area contributed by atoms with E-state index in [4.69, 9.17) is 14.4 Å². The van der Waals surface area contributed by atoms with Crippen molar-refractivity contribution in [3.8, 4) is 10.6 Å². The molecule has 0 aliphatic carbocycles. The number of esters is 1. The summed E-state index contributed by atoms with van der Waals surface area (Å²) in [5.41, 5.74) is 4.35. The Bertz CT molecular complexity index is 1960. The Labute approximate surface area is 261 Å². The van der Waals surface area contributed by atoms with Gasteiger partial charge in [0.2, 0.25) is 5.43 Å². The maximum absolute atomic E-state index is 13.7. The summed E-state index contributed by atoms with van der Waals surface area (Å²) in [5, 5.41) is 5.98. The summed E-state index contributed by atoms with van der Waals surface area (Å²) in [7, 11) is 2.24. The van der Waals surface area contributed by atoms with Crippen LogP contribution in [0.5, 0.6) is 5.75 Å². The summed E-state index contributed by atoms with van der Waals surface area (Å²) in [5.74, 6) is 0.186. The summed E-state index contributed by atoms with van der Waals surface area (Å²) >= 11 is 1.72. The average molecular weight is 628 g/mol. The van der Waals surface area contributed by atoms with Gasteiger partial charge in [-0.15, -0.1) is 0 Å². The monoisotopic (exact) mass is 627 g/mol. The zero-order valence-corrected chi connectivity index (χ0v) is 26.2. The van der Waals surface area contributed by atoms with Crippen LogP contribution in [0, 0.1) is 0 Å². The van der Waals surface area contributed by atoms with Crippen LogP contribution in [0.4, 0.5) is 0 Å². The number of rotatable bonds is 10. The van der Waals surface area contributed by atoms with Gasteiger partial charge in [-0.25, -0.2) is 14.6 Å². The van der Waals surface area contributed by atoms with Gasteiger partial charge in [-0.1, -0.05) is 48.0 Å². The molecule has 4 aromatic carbocycles. The zero-order valence-electron chi connectivity index (χ0n) is 24.6. The Hall–Kier alpha value is -3.99. The van der Waals surface area contributed by atoms with E-state index in [-0.39, 0.29) is 12.0 Å². The molecular weight excluding hydrogens is 597 g/mol. The van der Waals surface area contributed by atoms with Gasteiger partial charge in [0, 0.05) is 31.9 Å². The third-order valence-electron chi connectivity index (χ3n) is 7.38. The lowest BCUT2D eigenvalue weighted by Gasteiger charge is -2.23. The largest absolute Gasteiger partial charge is 0.482 e. The maximum Gasteiger partial charge on any atom is 0.343 e. The molecule has 2 heterocycles. The van der Waals surface area contributed by atoms with Crippen molar-refractivity contribution in [3.05, 3.63) is 112 Å². The van der Waals surface area contributed by atoms with E-state index >= 15 is 0 Å². The predicted octanol–water partition coefficient (Wildman–Crippen LogP) is 8.00. The number of carbonyl (C=O) groups excluding carboxylic acids is 1. The molecule has 1 atom stereocenters. The Kier molecular flexibility index (Phi) is 9.11. The number of benzene rings is 4. The molecule has 224 valence electrons. The van der Waals surface area contributed by atoms with E-state index in [0.29, 0.717) is 24.2 Å². The molecule has 6 rings (SSSR count). The molecule has 0 radical (unpaired) electrons. The quantitative estimate of drug-likeness (QED) is 0.0378. The SMILES string of the molecule is CC/C=C1/c2cc(OCC(=O)OC)ccc2Sc2ccc(-[s+]3c4ccccc4c(=O)c4cc(CCOOOC)ccc43)cc21. The van der Waals surface area contributed by atoms with Crippen LogP contribution in [-0.4, -0.2) is 33.4 Å². The van der Waals surface area contributed by atoms with Crippen LogP contribution in [0.15, 0.2) is 99.5 Å². The van der Waals surface area contributed by atoms with Gasteiger partial charge in [0.05, 0.1) is 31.6 Å². The van der Waals surface area contributed by atoms with Crippen LogP contribution in [0.2, 0.25) is 0 Å². The molecule has 0 amide bonds. The fraction of sp³-hybridized carbons (Fsp3) is 0.200. The summed E-state index contributed by atoms with van der Waals surface area (Å²) in [6, 6.07) is 26.6. The van der Waals surface area contributed by atoms with Crippen LogP contribution < -0.4 is 10.2 Å². The highest BCUT2D eigenvalue weighted by molar-refractivity contribution is 7.99. The number of hydrogen-bond donors (Lipinski definition) is 0. The smallest absolute Gasteiger partial charge is 0.343 e. The highest BCUT2D eigenvalue weighted by Crippen LogP contribution is 2.50. The van der Waals surface area contributed by atoms with Gasteiger partial charge in [0.1, 0.15) is 5.75 Å². The minimum absolute atomic E-state index is 0.0313. The number of methoxy groups -OCH3 is 1. The minimum atomic E-state index is -0.494. The Morgan fingerprint density at radius 1 is 0.886 bits per heavy atom. The third kappa shape index (κ3) is 5.89. The number of carbonyl (C=O) groups is 1. The van der Waals surface area contributed by atoms with E-state index in [1.807, 2.05) is 42.5 Å². The molecule has 0 saturated heterocycles.